The quantitative estimate of drug-likeness (QED) is 0.780. The normalized spacial score (nSPS) is 21.9. The van der Waals surface area contributed by atoms with Crippen LogP contribution in [0.25, 0.3) is 0 Å². The number of benzene rings is 1. The Morgan fingerprint density at radius 3 is 2.73 bits per heavy atom. The molecule has 0 bridgehead atoms. The van der Waals surface area contributed by atoms with Gasteiger partial charge in [-0.05, 0) is 24.1 Å². The number of halogens is 3. The van der Waals surface area contributed by atoms with Crippen LogP contribution in [-0.4, -0.2) is 6.61 Å². The third-order valence-electron chi connectivity index (χ3n) is 2.35. The first kappa shape index (κ1) is 10.4. The predicted molar refractivity (Wildman–Crippen MR) is 47.9 cm³/mol. The Morgan fingerprint density at radius 1 is 1.33 bits per heavy atom. The summed E-state index contributed by atoms with van der Waals surface area (Å²) < 4.78 is 37.2. The fraction of sp³-hybridized carbons (Fsp3) is 0.400. The van der Waals surface area contributed by atoms with Gasteiger partial charge in [0.15, 0.2) is 0 Å². The van der Waals surface area contributed by atoms with E-state index in [1.807, 2.05) is 0 Å². The van der Waals surface area contributed by atoms with E-state index in [2.05, 4.69) is 5.48 Å². The number of hydroxylamine groups is 1. The third kappa shape index (κ3) is 2.30. The van der Waals surface area contributed by atoms with Gasteiger partial charge in [-0.1, -0.05) is 12.1 Å². The molecule has 1 aromatic carbocycles. The van der Waals surface area contributed by atoms with Crippen molar-refractivity contribution >= 4 is 0 Å². The van der Waals surface area contributed by atoms with E-state index in [0.717, 1.165) is 12.1 Å². The Hall–Kier alpha value is -1.07. The van der Waals surface area contributed by atoms with Gasteiger partial charge in [0, 0.05) is 0 Å². The second-order valence-electron chi connectivity index (χ2n) is 3.43. The van der Waals surface area contributed by atoms with E-state index in [1.165, 1.54) is 6.07 Å². The molecule has 82 valence electrons. The summed E-state index contributed by atoms with van der Waals surface area (Å²) in [5, 5.41) is 0. The maximum absolute atomic E-state index is 12.4. The smallest absolute Gasteiger partial charge is 0.301 e. The van der Waals surface area contributed by atoms with Crippen molar-refractivity contribution in [3.05, 3.63) is 35.4 Å². The fourth-order valence-corrected chi connectivity index (χ4v) is 1.56. The second-order valence-corrected chi connectivity index (χ2v) is 3.43. The maximum atomic E-state index is 12.4. The zero-order chi connectivity index (χ0) is 10.9. The molecular formula is C10H10F3NO. The van der Waals surface area contributed by atoms with Crippen LogP contribution in [0.2, 0.25) is 0 Å². The third-order valence-corrected chi connectivity index (χ3v) is 2.35. The summed E-state index contributed by atoms with van der Waals surface area (Å²) in [4.78, 5) is 4.91. The van der Waals surface area contributed by atoms with E-state index < -0.39 is 11.7 Å². The molecule has 1 aliphatic rings. The van der Waals surface area contributed by atoms with Crippen molar-refractivity contribution in [3.8, 4) is 0 Å². The van der Waals surface area contributed by atoms with Crippen molar-refractivity contribution in [2.45, 2.75) is 18.6 Å². The molecule has 1 aliphatic heterocycles. The van der Waals surface area contributed by atoms with E-state index in [9.17, 15) is 13.2 Å². The monoisotopic (exact) mass is 217 g/mol. The highest BCUT2D eigenvalue weighted by molar-refractivity contribution is 5.28. The van der Waals surface area contributed by atoms with Gasteiger partial charge in [0.2, 0.25) is 0 Å². The SMILES string of the molecule is FC(F)(F)c1cccc([C@@H]2CCON2)c1. The molecule has 1 fully saturated rings. The molecule has 2 nitrogen and oxygen atoms in total. The van der Waals surface area contributed by atoms with Crippen molar-refractivity contribution in [1.29, 1.82) is 0 Å². The lowest BCUT2D eigenvalue weighted by atomic mass is 10.0. The van der Waals surface area contributed by atoms with Gasteiger partial charge in [0.05, 0.1) is 18.2 Å². The van der Waals surface area contributed by atoms with Crippen molar-refractivity contribution in [3.63, 3.8) is 0 Å². The minimum absolute atomic E-state index is 0.132. The highest BCUT2D eigenvalue weighted by Crippen LogP contribution is 2.31. The van der Waals surface area contributed by atoms with Crippen LogP contribution in [0, 0.1) is 0 Å². The van der Waals surface area contributed by atoms with Gasteiger partial charge in [0.1, 0.15) is 0 Å². The van der Waals surface area contributed by atoms with Gasteiger partial charge < -0.3 is 4.84 Å². The molecular weight excluding hydrogens is 207 g/mol. The molecule has 2 rings (SSSR count). The molecule has 0 saturated carbocycles. The Morgan fingerprint density at radius 2 is 2.13 bits per heavy atom. The van der Waals surface area contributed by atoms with Crippen LogP contribution in [0.5, 0.6) is 0 Å². The van der Waals surface area contributed by atoms with Crippen LogP contribution in [-0.2, 0) is 11.0 Å². The van der Waals surface area contributed by atoms with E-state index in [1.54, 1.807) is 6.07 Å². The van der Waals surface area contributed by atoms with Crippen LogP contribution in [0.4, 0.5) is 13.2 Å². The van der Waals surface area contributed by atoms with Gasteiger partial charge in [0.25, 0.3) is 0 Å². The first-order chi connectivity index (χ1) is 7.07. The second kappa shape index (κ2) is 3.83. The van der Waals surface area contributed by atoms with E-state index in [-0.39, 0.29) is 6.04 Å². The Kier molecular flexibility index (Phi) is 2.67. The van der Waals surface area contributed by atoms with Gasteiger partial charge in [-0.15, -0.1) is 0 Å². The Balaban J connectivity index is 2.26. The summed E-state index contributed by atoms with van der Waals surface area (Å²) in [6.45, 7) is 0.529. The van der Waals surface area contributed by atoms with Gasteiger partial charge in [-0.25, -0.2) is 0 Å². The highest BCUT2D eigenvalue weighted by Gasteiger charge is 2.31. The minimum Gasteiger partial charge on any atom is -0.301 e. The van der Waals surface area contributed by atoms with E-state index >= 15 is 0 Å². The van der Waals surface area contributed by atoms with Crippen molar-refractivity contribution in [2.24, 2.45) is 0 Å². The molecule has 1 aromatic rings. The average molecular weight is 217 g/mol. The molecule has 1 heterocycles. The van der Waals surface area contributed by atoms with Crippen LogP contribution in [0.1, 0.15) is 23.6 Å². The summed E-state index contributed by atoms with van der Waals surface area (Å²) in [6.07, 6.45) is -3.59. The van der Waals surface area contributed by atoms with Crippen LogP contribution in [0.3, 0.4) is 0 Å². The lowest BCUT2D eigenvalue weighted by molar-refractivity contribution is -0.137. The molecule has 0 unspecified atom stereocenters. The number of nitrogens with one attached hydrogen (secondary N) is 1. The van der Waals surface area contributed by atoms with Crippen molar-refractivity contribution < 1.29 is 18.0 Å². The Bertz CT molecular complexity index is 345. The first-order valence-corrected chi connectivity index (χ1v) is 4.62. The van der Waals surface area contributed by atoms with Crippen molar-refractivity contribution in [1.82, 2.24) is 5.48 Å². The minimum atomic E-state index is -4.28. The summed E-state index contributed by atoms with van der Waals surface area (Å²) in [6, 6.07) is 5.18. The standard InChI is InChI=1S/C10H10F3NO/c11-10(12,13)8-3-1-2-7(6-8)9-4-5-15-14-9/h1-3,6,9,14H,4-5H2/t9-/m0/s1. The number of alkyl halides is 3. The molecule has 5 heteroatoms. The summed E-state index contributed by atoms with van der Waals surface area (Å²) in [7, 11) is 0. The molecule has 15 heavy (non-hydrogen) atoms. The average Bonchev–Trinajstić information content (AvgIpc) is 2.69. The number of rotatable bonds is 1. The molecule has 0 aliphatic carbocycles. The van der Waals surface area contributed by atoms with E-state index in [0.29, 0.717) is 18.6 Å². The fourth-order valence-electron chi connectivity index (χ4n) is 1.56. The predicted octanol–water partition coefficient (Wildman–Crippen LogP) is 2.67. The van der Waals surface area contributed by atoms with Crippen LogP contribution in [0.15, 0.2) is 24.3 Å². The lowest BCUT2D eigenvalue weighted by Crippen LogP contribution is -2.13. The number of hydrogen-bond acceptors (Lipinski definition) is 2. The largest absolute Gasteiger partial charge is 0.416 e. The highest BCUT2D eigenvalue weighted by atomic mass is 19.4. The lowest BCUT2D eigenvalue weighted by Gasteiger charge is -2.12. The van der Waals surface area contributed by atoms with Gasteiger partial charge in [-0.2, -0.15) is 18.7 Å². The molecule has 0 spiro atoms. The molecule has 1 N–H and O–H groups in total. The van der Waals surface area contributed by atoms with E-state index in [4.69, 9.17) is 4.84 Å². The molecule has 0 radical (unpaired) electrons. The van der Waals surface area contributed by atoms with Gasteiger partial charge in [-0.3, -0.25) is 0 Å². The summed E-state index contributed by atoms with van der Waals surface area (Å²) in [5.41, 5.74) is 2.68. The zero-order valence-electron chi connectivity index (χ0n) is 7.84. The summed E-state index contributed by atoms with van der Waals surface area (Å²) >= 11 is 0. The first-order valence-electron chi connectivity index (χ1n) is 4.62. The zero-order valence-corrected chi connectivity index (χ0v) is 7.84. The Labute approximate surface area is 85.0 Å². The van der Waals surface area contributed by atoms with Gasteiger partial charge >= 0.3 is 6.18 Å². The van der Waals surface area contributed by atoms with Crippen LogP contribution < -0.4 is 5.48 Å². The molecule has 1 atom stereocenters. The molecule has 0 amide bonds. The van der Waals surface area contributed by atoms with Crippen LogP contribution >= 0.6 is 0 Å². The summed E-state index contributed by atoms with van der Waals surface area (Å²) in [5.74, 6) is 0. The maximum Gasteiger partial charge on any atom is 0.416 e. The van der Waals surface area contributed by atoms with Crippen molar-refractivity contribution in [2.75, 3.05) is 6.61 Å². The molecule has 0 aromatic heterocycles. The number of hydrogen-bond donors (Lipinski definition) is 1. The molecule has 1 saturated heterocycles. The topological polar surface area (TPSA) is 21.3 Å².